The number of nitrogens with one attached hydrogen (secondary N) is 1. The summed E-state index contributed by atoms with van der Waals surface area (Å²) in [5, 5.41) is 12.4. The van der Waals surface area contributed by atoms with E-state index in [2.05, 4.69) is 15.3 Å². The van der Waals surface area contributed by atoms with Gasteiger partial charge >= 0.3 is 11.9 Å². The van der Waals surface area contributed by atoms with E-state index in [-0.39, 0.29) is 11.1 Å². The summed E-state index contributed by atoms with van der Waals surface area (Å²) in [6.07, 6.45) is 3.37. The van der Waals surface area contributed by atoms with Gasteiger partial charge in [0.1, 0.15) is 38.2 Å². The van der Waals surface area contributed by atoms with E-state index in [1.54, 1.807) is 26.2 Å². The molecule has 0 bridgehead atoms. The zero-order valence-corrected chi connectivity index (χ0v) is 20.2. The second-order valence-electron chi connectivity index (χ2n) is 8.35. The molecule has 0 aliphatic carbocycles. The van der Waals surface area contributed by atoms with Gasteiger partial charge in [0.25, 0.3) is 0 Å². The lowest BCUT2D eigenvalue weighted by molar-refractivity contribution is -0.168. The molecule has 0 amide bonds. The number of carbonyl (C=O) groups is 2. The number of carboxylic acid groups (broad SMARTS) is 1. The minimum Gasteiger partial charge on any atom is -0.481 e. The summed E-state index contributed by atoms with van der Waals surface area (Å²) in [5.41, 5.74) is 1.49. The maximum absolute atomic E-state index is 13.6. The molecule has 36 heavy (non-hydrogen) atoms. The van der Waals surface area contributed by atoms with E-state index in [1.807, 2.05) is 0 Å². The number of benzene rings is 2. The Morgan fingerprint density at radius 3 is 2.75 bits per heavy atom. The molecule has 2 N–H and O–H groups in total. The van der Waals surface area contributed by atoms with Crippen LogP contribution in [0.5, 0.6) is 5.75 Å². The predicted molar refractivity (Wildman–Crippen MR) is 131 cm³/mol. The highest BCUT2D eigenvalue weighted by Crippen LogP contribution is 2.39. The fourth-order valence-corrected chi connectivity index (χ4v) is 3.81. The quantitative estimate of drug-likeness (QED) is 0.259. The van der Waals surface area contributed by atoms with E-state index in [4.69, 9.17) is 31.0 Å². The fraction of sp³-hybridized carbons (Fsp3) is 0.250. The number of rotatable bonds is 8. The highest BCUT2D eigenvalue weighted by atomic mass is 35.5. The van der Waals surface area contributed by atoms with E-state index in [9.17, 15) is 14.0 Å². The normalized spacial score (nSPS) is 15.8. The SMILES string of the molecule is C[N+](C)(OC(=O)/C=C\C(=O)O)c1cc2c(Nc3ccc(F)c(Cl)c3)ncnc2cc1O[C@H]1CCOC1. The zero-order chi connectivity index (χ0) is 25.9. The van der Waals surface area contributed by atoms with Gasteiger partial charge in [-0.05, 0) is 18.2 Å². The molecule has 1 saturated heterocycles. The minimum atomic E-state index is -1.28. The van der Waals surface area contributed by atoms with E-state index in [0.717, 1.165) is 6.08 Å². The molecule has 0 unspecified atom stereocenters. The lowest BCUT2D eigenvalue weighted by Gasteiger charge is -2.28. The molecule has 4 rings (SSSR count). The second-order valence-corrected chi connectivity index (χ2v) is 8.76. The Morgan fingerprint density at radius 2 is 2.06 bits per heavy atom. The first kappa shape index (κ1) is 25.3. The van der Waals surface area contributed by atoms with Gasteiger partial charge in [-0.25, -0.2) is 23.9 Å². The van der Waals surface area contributed by atoms with Crippen molar-refractivity contribution >= 4 is 51.6 Å². The van der Waals surface area contributed by atoms with Crippen LogP contribution in [0.25, 0.3) is 10.9 Å². The first-order valence-corrected chi connectivity index (χ1v) is 11.2. The third-order valence-electron chi connectivity index (χ3n) is 5.34. The summed E-state index contributed by atoms with van der Waals surface area (Å²) in [6, 6.07) is 7.60. The molecule has 1 aliphatic rings. The molecule has 0 spiro atoms. The number of anilines is 2. The Kier molecular flexibility index (Phi) is 7.34. The topological polar surface area (TPSA) is 120 Å². The number of fused-ring (bicyclic) bond motifs is 1. The number of ether oxygens (including phenoxy) is 2. The first-order valence-electron chi connectivity index (χ1n) is 10.9. The van der Waals surface area contributed by atoms with Gasteiger partial charge in [0.2, 0.25) is 5.69 Å². The van der Waals surface area contributed by atoms with Crippen LogP contribution in [0.15, 0.2) is 48.8 Å². The zero-order valence-electron chi connectivity index (χ0n) is 19.4. The number of hydrogen-bond donors (Lipinski definition) is 2. The molecular weight excluding hydrogens is 495 g/mol. The molecule has 1 atom stereocenters. The first-order chi connectivity index (χ1) is 17.1. The number of hydrogen-bond acceptors (Lipinski definition) is 8. The predicted octanol–water partition coefficient (Wildman–Crippen LogP) is 4.00. The third-order valence-corrected chi connectivity index (χ3v) is 5.63. The van der Waals surface area contributed by atoms with Crippen LogP contribution < -0.4 is 14.7 Å². The van der Waals surface area contributed by atoms with Gasteiger partial charge in [0.15, 0.2) is 5.75 Å². The van der Waals surface area contributed by atoms with Gasteiger partial charge in [-0.2, -0.15) is 0 Å². The van der Waals surface area contributed by atoms with E-state index >= 15 is 0 Å². The Balaban J connectivity index is 1.77. The molecule has 10 nitrogen and oxygen atoms in total. The number of nitrogens with zero attached hydrogens (tertiary/aromatic N) is 3. The molecule has 1 fully saturated rings. The van der Waals surface area contributed by atoms with Gasteiger partial charge in [-0.15, -0.1) is 4.65 Å². The number of hydroxylamine groups is 2. The number of halogens is 2. The van der Waals surface area contributed by atoms with Crippen molar-refractivity contribution in [1.29, 1.82) is 0 Å². The molecule has 2 aromatic carbocycles. The molecule has 0 radical (unpaired) electrons. The van der Waals surface area contributed by atoms with Crippen molar-refractivity contribution in [3.05, 3.63) is 59.7 Å². The average molecular weight is 518 g/mol. The van der Waals surface area contributed by atoms with Gasteiger partial charge in [-0.3, -0.25) is 4.84 Å². The molecule has 1 aromatic heterocycles. The van der Waals surface area contributed by atoms with Crippen LogP contribution in [0.3, 0.4) is 0 Å². The lowest BCUT2D eigenvalue weighted by Crippen LogP contribution is -2.42. The van der Waals surface area contributed by atoms with E-state index < -0.39 is 22.4 Å². The summed E-state index contributed by atoms with van der Waals surface area (Å²) in [6.45, 7) is 0.977. The van der Waals surface area contributed by atoms with Crippen LogP contribution in [0, 0.1) is 5.82 Å². The number of quaternary nitrogens is 1. The number of aromatic nitrogens is 2. The summed E-state index contributed by atoms with van der Waals surface area (Å²) in [5.74, 6) is -1.87. The fourth-order valence-electron chi connectivity index (χ4n) is 3.63. The van der Waals surface area contributed by atoms with Gasteiger partial charge < -0.3 is 19.9 Å². The lowest BCUT2D eigenvalue weighted by atomic mass is 10.1. The smallest absolute Gasteiger partial charge is 0.391 e. The van der Waals surface area contributed by atoms with E-state index in [0.29, 0.717) is 59.6 Å². The summed E-state index contributed by atoms with van der Waals surface area (Å²) in [7, 11) is 3.20. The monoisotopic (exact) mass is 517 g/mol. The van der Waals surface area contributed by atoms with Crippen molar-refractivity contribution in [1.82, 2.24) is 14.6 Å². The Hall–Kier alpha value is -3.80. The van der Waals surface area contributed by atoms with Crippen molar-refractivity contribution in [3.63, 3.8) is 0 Å². The van der Waals surface area contributed by atoms with Crippen molar-refractivity contribution in [3.8, 4) is 5.75 Å². The Bertz CT molecular complexity index is 1340. The highest BCUT2D eigenvalue weighted by molar-refractivity contribution is 6.31. The third kappa shape index (κ3) is 5.88. The minimum absolute atomic E-state index is 0.0485. The molecule has 0 saturated carbocycles. The van der Waals surface area contributed by atoms with Crippen LogP contribution in [0.2, 0.25) is 5.02 Å². The Labute approximate surface area is 210 Å². The van der Waals surface area contributed by atoms with Crippen LogP contribution >= 0.6 is 11.6 Å². The number of carboxylic acids is 1. The van der Waals surface area contributed by atoms with Gasteiger partial charge in [0, 0.05) is 41.8 Å². The standard InChI is InChI=1S/C24H22ClFN4O6/c1-30(2,36-23(33)6-5-22(31)32)20-10-16-19(11-21(20)35-15-7-8-34-12-15)27-13-28-24(16)29-14-3-4-18(26)17(25)9-14/h3-6,9-11,13,15H,7-8,12H2,1-2H3,(H-,27,28,29,31,32)/p+1/b6-5-/t15-/m0/s1. The molecule has 1 aliphatic heterocycles. The molecular formula is C24H23ClFN4O6+. The van der Waals surface area contributed by atoms with Crippen LogP contribution in [-0.4, -0.2) is 60.4 Å². The van der Waals surface area contributed by atoms with Crippen molar-refractivity contribution < 1.29 is 33.4 Å². The highest BCUT2D eigenvalue weighted by Gasteiger charge is 2.32. The van der Waals surface area contributed by atoms with Crippen LogP contribution in [0.1, 0.15) is 6.42 Å². The van der Waals surface area contributed by atoms with Crippen molar-refractivity contribution in [2.24, 2.45) is 0 Å². The maximum Gasteiger partial charge on any atom is 0.391 e. The molecule has 188 valence electrons. The van der Waals surface area contributed by atoms with Gasteiger partial charge in [0.05, 0.1) is 23.8 Å². The van der Waals surface area contributed by atoms with Gasteiger partial charge in [-0.1, -0.05) is 11.6 Å². The summed E-state index contributed by atoms with van der Waals surface area (Å²) < 4.78 is 24.8. The Morgan fingerprint density at radius 1 is 1.25 bits per heavy atom. The summed E-state index contributed by atoms with van der Waals surface area (Å²) >= 11 is 5.91. The maximum atomic E-state index is 13.6. The molecule has 2 heterocycles. The largest absolute Gasteiger partial charge is 0.481 e. The van der Waals surface area contributed by atoms with Crippen LogP contribution in [-0.2, 0) is 19.2 Å². The number of carbonyl (C=O) groups excluding carboxylic acids is 1. The second kappa shape index (κ2) is 10.4. The summed E-state index contributed by atoms with van der Waals surface area (Å²) in [4.78, 5) is 37.3. The number of aliphatic carboxylic acids is 1. The van der Waals surface area contributed by atoms with Crippen LogP contribution in [0.4, 0.5) is 21.6 Å². The molecule has 12 heteroatoms. The van der Waals surface area contributed by atoms with Crippen molar-refractivity contribution in [2.75, 3.05) is 32.6 Å². The molecule has 3 aromatic rings. The van der Waals surface area contributed by atoms with E-state index in [1.165, 1.54) is 24.5 Å². The van der Waals surface area contributed by atoms with Crippen molar-refractivity contribution in [2.45, 2.75) is 12.5 Å². The average Bonchev–Trinajstić information content (AvgIpc) is 3.32.